The average molecular weight is 467 g/mol. The van der Waals surface area contributed by atoms with Crippen molar-refractivity contribution in [3.8, 4) is 0 Å². The van der Waals surface area contributed by atoms with Gasteiger partial charge in [0.05, 0.1) is 15.8 Å². The molecule has 0 heterocycles. The Labute approximate surface area is 193 Å². The highest BCUT2D eigenvalue weighted by Crippen LogP contribution is 2.24. The van der Waals surface area contributed by atoms with E-state index >= 15 is 0 Å². The molecule has 30 heavy (non-hydrogen) atoms. The van der Waals surface area contributed by atoms with E-state index in [2.05, 4.69) is 30.4 Å². The maximum absolute atomic E-state index is 13.0. The van der Waals surface area contributed by atoms with Crippen LogP contribution in [0.15, 0.2) is 42.5 Å². The van der Waals surface area contributed by atoms with Gasteiger partial charge in [-0.25, -0.2) is 0 Å². The highest BCUT2D eigenvalue weighted by atomic mass is 35.5. The SMILES string of the molecule is CCCNC(=O)C(C)N(Cc1ccc(Cl)c(Cl)c1)C(=O)CSCc1cccc(C)c1. The molecule has 2 rings (SSSR count). The second kappa shape index (κ2) is 12.2. The maximum Gasteiger partial charge on any atom is 0.242 e. The van der Waals surface area contributed by atoms with Crippen molar-refractivity contribution in [2.45, 2.75) is 45.5 Å². The topological polar surface area (TPSA) is 49.4 Å². The van der Waals surface area contributed by atoms with Gasteiger partial charge in [-0.3, -0.25) is 9.59 Å². The molecule has 0 fully saturated rings. The summed E-state index contributed by atoms with van der Waals surface area (Å²) in [4.78, 5) is 27.2. The second-order valence-corrected chi connectivity index (χ2v) is 9.02. The van der Waals surface area contributed by atoms with Crippen LogP contribution >= 0.6 is 35.0 Å². The number of hydrogen-bond donors (Lipinski definition) is 1. The lowest BCUT2D eigenvalue weighted by Gasteiger charge is -2.29. The van der Waals surface area contributed by atoms with Crippen molar-refractivity contribution in [1.82, 2.24) is 10.2 Å². The molecule has 1 unspecified atom stereocenters. The van der Waals surface area contributed by atoms with Crippen LogP contribution < -0.4 is 5.32 Å². The van der Waals surface area contributed by atoms with Crippen molar-refractivity contribution < 1.29 is 9.59 Å². The molecule has 0 aliphatic rings. The minimum Gasteiger partial charge on any atom is -0.354 e. The minimum atomic E-state index is -0.585. The molecule has 0 radical (unpaired) electrons. The van der Waals surface area contributed by atoms with Crippen LogP contribution in [0.2, 0.25) is 10.0 Å². The Kier molecular flexibility index (Phi) is 10.0. The molecule has 4 nitrogen and oxygen atoms in total. The van der Waals surface area contributed by atoms with Gasteiger partial charge in [-0.15, -0.1) is 11.8 Å². The molecule has 0 saturated heterocycles. The van der Waals surface area contributed by atoms with Crippen LogP contribution in [0.25, 0.3) is 0 Å². The molecule has 2 aromatic carbocycles. The van der Waals surface area contributed by atoms with E-state index in [-0.39, 0.29) is 11.8 Å². The zero-order chi connectivity index (χ0) is 22.1. The molecule has 0 bridgehead atoms. The van der Waals surface area contributed by atoms with Gasteiger partial charge in [0.2, 0.25) is 11.8 Å². The lowest BCUT2D eigenvalue weighted by Crippen LogP contribution is -2.48. The van der Waals surface area contributed by atoms with Gasteiger partial charge in [-0.05, 0) is 43.5 Å². The van der Waals surface area contributed by atoms with Crippen LogP contribution in [0.1, 0.15) is 37.0 Å². The Morgan fingerprint density at radius 3 is 2.53 bits per heavy atom. The molecule has 2 amide bonds. The number of hydrogen-bond acceptors (Lipinski definition) is 3. The molecule has 0 aliphatic carbocycles. The molecule has 0 aromatic heterocycles. The van der Waals surface area contributed by atoms with E-state index in [1.165, 1.54) is 11.1 Å². The second-order valence-electron chi connectivity index (χ2n) is 7.22. The first-order chi connectivity index (χ1) is 14.3. The van der Waals surface area contributed by atoms with Crippen molar-refractivity contribution in [2.75, 3.05) is 12.3 Å². The number of benzene rings is 2. The number of aryl methyl sites for hydroxylation is 1. The lowest BCUT2D eigenvalue weighted by atomic mass is 10.1. The summed E-state index contributed by atoms with van der Waals surface area (Å²) in [6.07, 6.45) is 0.839. The number of rotatable bonds is 10. The Morgan fingerprint density at radius 2 is 1.87 bits per heavy atom. The van der Waals surface area contributed by atoms with E-state index in [0.29, 0.717) is 28.9 Å². The number of nitrogens with zero attached hydrogens (tertiary/aromatic N) is 1. The molecule has 1 atom stereocenters. The normalized spacial score (nSPS) is 11.8. The fourth-order valence-electron chi connectivity index (χ4n) is 2.95. The number of carbonyl (C=O) groups is 2. The quantitative estimate of drug-likeness (QED) is 0.504. The summed E-state index contributed by atoms with van der Waals surface area (Å²) in [6.45, 7) is 6.67. The summed E-state index contributed by atoms with van der Waals surface area (Å²) in [7, 11) is 0. The lowest BCUT2D eigenvalue weighted by molar-refractivity contribution is -0.138. The maximum atomic E-state index is 13.0. The van der Waals surface area contributed by atoms with Gasteiger partial charge >= 0.3 is 0 Å². The van der Waals surface area contributed by atoms with Crippen LogP contribution in [0.5, 0.6) is 0 Å². The highest BCUT2D eigenvalue weighted by molar-refractivity contribution is 7.99. The van der Waals surface area contributed by atoms with E-state index in [0.717, 1.165) is 17.7 Å². The molecule has 1 N–H and O–H groups in total. The van der Waals surface area contributed by atoms with E-state index in [1.807, 2.05) is 19.1 Å². The van der Waals surface area contributed by atoms with Gasteiger partial charge in [-0.1, -0.05) is 66.0 Å². The van der Waals surface area contributed by atoms with Crippen LogP contribution in [0.4, 0.5) is 0 Å². The van der Waals surface area contributed by atoms with E-state index in [1.54, 1.807) is 35.7 Å². The first-order valence-electron chi connectivity index (χ1n) is 9.96. The number of amides is 2. The van der Waals surface area contributed by atoms with Gasteiger partial charge < -0.3 is 10.2 Å². The fourth-order valence-corrected chi connectivity index (χ4v) is 4.13. The summed E-state index contributed by atoms with van der Waals surface area (Å²) >= 11 is 13.7. The van der Waals surface area contributed by atoms with Crippen LogP contribution in [-0.4, -0.2) is 35.1 Å². The van der Waals surface area contributed by atoms with Gasteiger partial charge in [0.25, 0.3) is 0 Å². The predicted octanol–water partition coefficient (Wildman–Crippen LogP) is 5.48. The monoisotopic (exact) mass is 466 g/mol. The zero-order valence-electron chi connectivity index (χ0n) is 17.6. The molecule has 2 aromatic rings. The Morgan fingerprint density at radius 1 is 1.10 bits per heavy atom. The van der Waals surface area contributed by atoms with Crippen molar-refractivity contribution in [3.05, 3.63) is 69.2 Å². The number of thioether (sulfide) groups is 1. The Bertz CT molecular complexity index is 876. The smallest absolute Gasteiger partial charge is 0.242 e. The third-order valence-corrected chi connectivity index (χ3v) is 6.36. The Balaban J connectivity index is 2.08. The molecular weight excluding hydrogens is 439 g/mol. The molecular formula is C23H28Cl2N2O2S. The van der Waals surface area contributed by atoms with Crippen LogP contribution in [0, 0.1) is 6.92 Å². The summed E-state index contributed by atoms with van der Waals surface area (Å²) in [5, 5.41) is 3.76. The predicted molar refractivity (Wildman–Crippen MR) is 127 cm³/mol. The van der Waals surface area contributed by atoms with Gasteiger partial charge in [0.15, 0.2) is 0 Å². The van der Waals surface area contributed by atoms with Crippen LogP contribution in [-0.2, 0) is 21.9 Å². The minimum absolute atomic E-state index is 0.0853. The van der Waals surface area contributed by atoms with Gasteiger partial charge in [0, 0.05) is 18.8 Å². The van der Waals surface area contributed by atoms with Crippen molar-refractivity contribution in [1.29, 1.82) is 0 Å². The summed E-state index contributed by atoms with van der Waals surface area (Å²) < 4.78 is 0. The summed E-state index contributed by atoms with van der Waals surface area (Å²) in [5.74, 6) is 0.789. The van der Waals surface area contributed by atoms with Crippen molar-refractivity contribution in [2.24, 2.45) is 0 Å². The number of halogens is 2. The molecule has 0 saturated carbocycles. The first kappa shape index (κ1) is 24.6. The third-order valence-electron chi connectivity index (χ3n) is 4.63. The summed E-state index contributed by atoms with van der Waals surface area (Å²) in [5.41, 5.74) is 3.20. The zero-order valence-corrected chi connectivity index (χ0v) is 19.9. The standard InChI is InChI=1S/C23H28Cl2N2O2S/c1-4-10-26-23(29)17(3)27(13-18-8-9-20(24)21(25)12-18)22(28)15-30-14-19-7-5-6-16(2)11-19/h5-9,11-12,17H,4,10,13-15H2,1-3H3,(H,26,29). The van der Waals surface area contributed by atoms with E-state index < -0.39 is 6.04 Å². The number of nitrogens with one attached hydrogen (secondary N) is 1. The van der Waals surface area contributed by atoms with E-state index in [9.17, 15) is 9.59 Å². The fraction of sp³-hybridized carbons (Fsp3) is 0.391. The summed E-state index contributed by atoms with van der Waals surface area (Å²) in [6, 6.07) is 12.9. The Hall–Kier alpha value is -1.69. The molecule has 0 aliphatic heterocycles. The van der Waals surface area contributed by atoms with Gasteiger partial charge in [-0.2, -0.15) is 0 Å². The average Bonchev–Trinajstić information content (AvgIpc) is 2.72. The highest BCUT2D eigenvalue weighted by Gasteiger charge is 2.26. The third kappa shape index (κ3) is 7.53. The number of carbonyl (C=O) groups excluding carboxylic acids is 2. The first-order valence-corrected chi connectivity index (χ1v) is 11.9. The van der Waals surface area contributed by atoms with Crippen LogP contribution in [0.3, 0.4) is 0 Å². The molecule has 0 spiro atoms. The molecule has 162 valence electrons. The van der Waals surface area contributed by atoms with Crippen molar-refractivity contribution in [3.63, 3.8) is 0 Å². The molecule has 7 heteroatoms. The van der Waals surface area contributed by atoms with Gasteiger partial charge in [0.1, 0.15) is 6.04 Å². The van der Waals surface area contributed by atoms with Crippen molar-refractivity contribution >= 4 is 46.8 Å². The largest absolute Gasteiger partial charge is 0.354 e. The van der Waals surface area contributed by atoms with E-state index in [4.69, 9.17) is 23.2 Å².